The van der Waals surface area contributed by atoms with E-state index in [9.17, 15) is 0 Å². The fraction of sp³-hybridized carbons (Fsp3) is 0.647. The summed E-state index contributed by atoms with van der Waals surface area (Å²) in [4.78, 5) is 0. The Morgan fingerprint density at radius 1 is 1.11 bits per heavy atom. The van der Waals surface area contributed by atoms with Gasteiger partial charge in [0.15, 0.2) is 0 Å². The maximum Gasteiger partial charge on any atom is 0.0978 e. The van der Waals surface area contributed by atoms with Crippen LogP contribution in [0.15, 0.2) is 30.3 Å². The number of benzene rings is 1. The molecule has 2 nitrogen and oxygen atoms in total. The third kappa shape index (κ3) is 4.05. The lowest BCUT2D eigenvalue weighted by Gasteiger charge is -2.30. The smallest absolute Gasteiger partial charge is 0.0978 e. The maximum absolute atomic E-state index is 6.56. The van der Waals surface area contributed by atoms with Crippen LogP contribution in [0.25, 0.3) is 0 Å². The molecule has 1 fully saturated rings. The number of hydrogen-bond donors (Lipinski definition) is 1. The van der Waals surface area contributed by atoms with Gasteiger partial charge < -0.3 is 10.5 Å². The molecule has 2 heteroatoms. The molecule has 1 aromatic rings. The van der Waals surface area contributed by atoms with E-state index in [1.807, 2.05) is 6.07 Å². The topological polar surface area (TPSA) is 35.2 Å². The van der Waals surface area contributed by atoms with Gasteiger partial charge in [-0.15, -0.1) is 0 Å². The Morgan fingerprint density at radius 2 is 1.74 bits per heavy atom. The minimum Gasteiger partial charge on any atom is -0.372 e. The largest absolute Gasteiger partial charge is 0.372 e. The summed E-state index contributed by atoms with van der Waals surface area (Å²) < 4.78 is 5.96. The highest BCUT2D eigenvalue weighted by atomic mass is 16.5. The van der Waals surface area contributed by atoms with Gasteiger partial charge in [-0.3, -0.25) is 0 Å². The first-order chi connectivity index (χ1) is 9.33. The maximum atomic E-state index is 6.56. The van der Waals surface area contributed by atoms with Crippen LogP contribution in [0.5, 0.6) is 0 Å². The summed E-state index contributed by atoms with van der Waals surface area (Å²) in [5.74, 6) is 0.610. The van der Waals surface area contributed by atoms with Gasteiger partial charge in [0.1, 0.15) is 0 Å². The third-order valence-corrected chi connectivity index (χ3v) is 4.27. The Hall–Kier alpha value is -0.860. The zero-order valence-corrected chi connectivity index (χ0v) is 12.1. The highest BCUT2D eigenvalue weighted by Gasteiger charge is 2.28. The van der Waals surface area contributed by atoms with E-state index in [0.717, 1.165) is 6.61 Å². The second-order valence-corrected chi connectivity index (χ2v) is 5.62. The normalized spacial score (nSPS) is 20.7. The average molecular weight is 261 g/mol. The van der Waals surface area contributed by atoms with E-state index >= 15 is 0 Å². The van der Waals surface area contributed by atoms with Crippen molar-refractivity contribution in [3.63, 3.8) is 0 Å². The van der Waals surface area contributed by atoms with Crippen molar-refractivity contribution in [2.45, 2.75) is 57.6 Å². The monoisotopic (exact) mass is 261 g/mol. The molecule has 0 heterocycles. The van der Waals surface area contributed by atoms with Crippen molar-refractivity contribution in [2.24, 2.45) is 11.7 Å². The van der Waals surface area contributed by atoms with Crippen LogP contribution in [0.4, 0.5) is 0 Å². The van der Waals surface area contributed by atoms with Gasteiger partial charge >= 0.3 is 0 Å². The number of ether oxygens (including phenoxy) is 1. The quantitative estimate of drug-likeness (QED) is 0.811. The molecule has 19 heavy (non-hydrogen) atoms. The Balaban J connectivity index is 2.09. The lowest BCUT2D eigenvalue weighted by molar-refractivity contribution is 0.0256. The van der Waals surface area contributed by atoms with Gasteiger partial charge in [0, 0.05) is 12.6 Å². The average Bonchev–Trinajstić information content (AvgIpc) is 2.74. The highest BCUT2D eigenvalue weighted by molar-refractivity contribution is 5.19. The van der Waals surface area contributed by atoms with E-state index in [2.05, 4.69) is 31.2 Å². The first-order valence-corrected chi connectivity index (χ1v) is 7.75. The van der Waals surface area contributed by atoms with Gasteiger partial charge in [-0.1, -0.05) is 56.0 Å². The summed E-state index contributed by atoms with van der Waals surface area (Å²) in [6.07, 6.45) is 7.96. The van der Waals surface area contributed by atoms with Gasteiger partial charge in [-0.25, -0.2) is 0 Å². The molecule has 2 N–H and O–H groups in total. The summed E-state index contributed by atoms with van der Waals surface area (Å²) in [7, 11) is 0. The molecule has 0 bridgehead atoms. The van der Waals surface area contributed by atoms with Crippen LogP contribution >= 0.6 is 0 Å². The Labute approximate surface area is 117 Å². The van der Waals surface area contributed by atoms with Crippen molar-refractivity contribution in [3.05, 3.63) is 35.9 Å². The minimum atomic E-state index is 0.0503. The van der Waals surface area contributed by atoms with Gasteiger partial charge in [-0.05, 0) is 31.2 Å². The molecule has 0 aromatic heterocycles. The van der Waals surface area contributed by atoms with Crippen LogP contribution in [-0.4, -0.2) is 12.6 Å². The Bertz CT molecular complexity index is 344. The van der Waals surface area contributed by atoms with E-state index in [1.54, 1.807) is 0 Å². The van der Waals surface area contributed by atoms with Crippen LogP contribution in [0.1, 0.15) is 57.1 Å². The van der Waals surface area contributed by atoms with E-state index in [-0.39, 0.29) is 12.1 Å². The van der Waals surface area contributed by atoms with Gasteiger partial charge in [0.05, 0.1) is 6.10 Å². The molecule has 1 aliphatic carbocycles. The zero-order chi connectivity index (χ0) is 13.5. The third-order valence-electron chi connectivity index (χ3n) is 4.27. The first-order valence-electron chi connectivity index (χ1n) is 7.75. The summed E-state index contributed by atoms with van der Waals surface area (Å²) in [5, 5.41) is 0. The predicted molar refractivity (Wildman–Crippen MR) is 80.0 cm³/mol. The van der Waals surface area contributed by atoms with Crippen LogP contribution in [0.2, 0.25) is 0 Å². The Kier molecular flexibility index (Phi) is 5.87. The number of rotatable bonds is 5. The van der Waals surface area contributed by atoms with Gasteiger partial charge in [0.25, 0.3) is 0 Å². The Morgan fingerprint density at radius 3 is 2.32 bits per heavy atom. The molecule has 106 valence electrons. The molecule has 0 aliphatic heterocycles. The van der Waals surface area contributed by atoms with Crippen LogP contribution in [-0.2, 0) is 4.74 Å². The van der Waals surface area contributed by atoms with Crippen molar-refractivity contribution in [1.29, 1.82) is 0 Å². The van der Waals surface area contributed by atoms with Gasteiger partial charge in [-0.2, -0.15) is 0 Å². The second-order valence-electron chi connectivity index (χ2n) is 5.62. The molecule has 2 unspecified atom stereocenters. The molecule has 1 aromatic carbocycles. The highest BCUT2D eigenvalue weighted by Crippen LogP contribution is 2.32. The van der Waals surface area contributed by atoms with E-state index in [0.29, 0.717) is 5.92 Å². The van der Waals surface area contributed by atoms with E-state index < -0.39 is 0 Å². The predicted octanol–water partition coefficient (Wildman–Crippen LogP) is 4.06. The lowest BCUT2D eigenvalue weighted by Crippen LogP contribution is -2.37. The molecular formula is C17H27NO. The van der Waals surface area contributed by atoms with Crippen molar-refractivity contribution in [3.8, 4) is 0 Å². The summed E-state index contributed by atoms with van der Waals surface area (Å²) in [5.41, 5.74) is 7.78. The molecule has 0 spiro atoms. The van der Waals surface area contributed by atoms with Crippen LogP contribution < -0.4 is 5.73 Å². The summed E-state index contributed by atoms with van der Waals surface area (Å²) in [6, 6.07) is 10.6. The van der Waals surface area contributed by atoms with Crippen molar-refractivity contribution >= 4 is 0 Å². The van der Waals surface area contributed by atoms with Crippen molar-refractivity contribution < 1.29 is 4.74 Å². The molecule has 2 rings (SSSR count). The molecule has 0 saturated heterocycles. The molecule has 0 amide bonds. The fourth-order valence-corrected chi connectivity index (χ4v) is 3.19. The van der Waals surface area contributed by atoms with Gasteiger partial charge in [0.2, 0.25) is 0 Å². The van der Waals surface area contributed by atoms with Crippen LogP contribution in [0, 0.1) is 5.92 Å². The molecule has 1 saturated carbocycles. The van der Waals surface area contributed by atoms with Crippen LogP contribution in [0.3, 0.4) is 0 Å². The zero-order valence-electron chi connectivity index (χ0n) is 12.1. The summed E-state index contributed by atoms with van der Waals surface area (Å²) in [6.45, 7) is 2.77. The lowest BCUT2D eigenvalue weighted by atomic mass is 9.86. The fourth-order valence-electron chi connectivity index (χ4n) is 3.19. The SMILES string of the molecule is CCOC(c1ccccc1)C(N)C1CCCCCC1. The van der Waals surface area contributed by atoms with Crippen molar-refractivity contribution in [2.75, 3.05) is 6.61 Å². The molecule has 0 radical (unpaired) electrons. The number of hydrogen-bond acceptors (Lipinski definition) is 2. The minimum absolute atomic E-state index is 0.0503. The standard InChI is InChI=1S/C17H27NO/c1-2-19-17(15-12-8-5-9-13-15)16(18)14-10-6-3-4-7-11-14/h5,8-9,12-14,16-17H,2-4,6-7,10-11,18H2,1H3. The second kappa shape index (κ2) is 7.66. The summed E-state index contributed by atoms with van der Waals surface area (Å²) >= 11 is 0. The molecular weight excluding hydrogens is 234 g/mol. The van der Waals surface area contributed by atoms with E-state index in [4.69, 9.17) is 10.5 Å². The molecule has 2 atom stereocenters. The van der Waals surface area contributed by atoms with E-state index in [1.165, 1.54) is 44.1 Å². The first kappa shape index (κ1) is 14.5. The number of nitrogens with two attached hydrogens (primary N) is 1. The molecule has 1 aliphatic rings. The van der Waals surface area contributed by atoms with Crippen molar-refractivity contribution in [1.82, 2.24) is 0 Å².